The Balaban J connectivity index is 1.73. The molecule has 3 aliphatic rings. The molecule has 1 saturated heterocycles. The van der Waals surface area contributed by atoms with Crippen LogP contribution in [-0.2, 0) is 11.3 Å². The normalized spacial score (nSPS) is 25.6. The Morgan fingerprint density at radius 1 is 1.41 bits per heavy atom. The number of amides is 1. The van der Waals surface area contributed by atoms with E-state index in [1.165, 1.54) is 6.20 Å². The summed E-state index contributed by atoms with van der Waals surface area (Å²) in [4.78, 5) is 21.1. The number of pyridine rings is 1. The molecule has 1 saturated carbocycles. The Kier molecular flexibility index (Phi) is 4.79. The highest BCUT2D eigenvalue weighted by Crippen LogP contribution is 2.31. The van der Waals surface area contributed by atoms with Gasteiger partial charge in [-0.3, -0.25) is 9.79 Å². The summed E-state index contributed by atoms with van der Waals surface area (Å²) >= 11 is 0. The lowest BCUT2D eigenvalue weighted by atomic mass is 10.0. The van der Waals surface area contributed by atoms with E-state index in [0.29, 0.717) is 36.9 Å². The van der Waals surface area contributed by atoms with Crippen LogP contribution in [0.1, 0.15) is 40.9 Å². The first-order chi connectivity index (χ1) is 13.1. The standard InChI is InChI=1S/C18H23FN6O2/c19-15-11-7-23-18(26)14(11)16(9(5-20)6-22-10-1-2-10)25-17(15)24-13-3-4-27-8-12(13)21/h5-6,10,12-13H,1-4,7-8,20-21H2,(H,23,26)(H,24,25)/t12-,13+/m0/s1. The number of nitrogens with one attached hydrogen (secondary N) is 2. The third-order valence-corrected chi connectivity index (χ3v) is 5.03. The van der Waals surface area contributed by atoms with Gasteiger partial charge in [-0.25, -0.2) is 9.37 Å². The molecule has 0 spiro atoms. The van der Waals surface area contributed by atoms with Crippen LogP contribution in [0.3, 0.4) is 0 Å². The van der Waals surface area contributed by atoms with Crippen molar-refractivity contribution in [1.29, 1.82) is 0 Å². The van der Waals surface area contributed by atoms with Crippen LogP contribution in [0.15, 0.2) is 11.2 Å². The summed E-state index contributed by atoms with van der Waals surface area (Å²) < 4.78 is 20.4. The van der Waals surface area contributed by atoms with Crippen LogP contribution in [0.25, 0.3) is 5.57 Å². The van der Waals surface area contributed by atoms with Crippen LogP contribution in [0.2, 0.25) is 0 Å². The number of halogens is 1. The minimum Gasteiger partial charge on any atom is -0.404 e. The predicted octanol–water partition coefficient (Wildman–Crippen LogP) is 0.525. The lowest BCUT2D eigenvalue weighted by Gasteiger charge is -2.30. The topological polar surface area (TPSA) is 128 Å². The minimum atomic E-state index is -0.540. The van der Waals surface area contributed by atoms with Gasteiger partial charge in [-0.2, -0.15) is 0 Å². The van der Waals surface area contributed by atoms with Crippen LogP contribution in [0, 0.1) is 5.82 Å². The molecule has 0 bridgehead atoms. The van der Waals surface area contributed by atoms with Gasteiger partial charge >= 0.3 is 0 Å². The zero-order chi connectivity index (χ0) is 19.0. The molecule has 2 atom stereocenters. The molecule has 1 aliphatic carbocycles. The molecule has 0 radical (unpaired) electrons. The average molecular weight is 374 g/mol. The predicted molar refractivity (Wildman–Crippen MR) is 99.9 cm³/mol. The van der Waals surface area contributed by atoms with Crippen molar-refractivity contribution >= 4 is 23.5 Å². The molecule has 9 heteroatoms. The maximum Gasteiger partial charge on any atom is 0.254 e. The van der Waals surface area contributed by atoms with Gasteiger partial charge in [0.15, 0.2) is 11.6 Å². The fourth-order valence-electron chi connectivity index (χ4n) is 3.29. The average Bonchev–Trinajstić information content (AvgIpc) is 3.41. The number of aromatic nitrogens is 1. The summed E-state index contributed by atoms with van der Waals surface area (Å²) in [6.45, 7) is 1.06. The molecule has 0 unspecified atom stereocenters. The third kappa shape index (κ3) is 3.52. The monoisotopic (exact) mass is 374 g/mol. The smallest absolute Gasteiger partial charge is 0.254 e. The summed E-state index contributed by atoms with van der Waals surface area (Å²) in [5.41, 5.74) is 13.2. The number of aliphatic imine (C=N–C) groups is 1. The van der Waals surface area contributed by atoms with E-state index in [2.05, 4.69) is 20.6 Å². The highest BCUT2D eigenvalue weighted by Gasteiger charge is 2.32. The Morgan fingerprint density at radius 3 is 2.93 bits per heavy atom. The number of anilines is 1. The zero-order valence-corrected chi connectivity index (χ0v) is 14.9. The van der Waals surface area contributed by atoms with E-state index < -0.39 is 5.82 Å². The minimum absolute atomic E-state index is 0.0711. The Labute approximate surface area is 156 Å². The second-order valence-electron chi connectivity index (χ2n) is 7.07. The largest absolute Gasteiger partial charge is 0.404 e. The van der Waals surface area contributed by atoms with Gasteiger partial charge in [0.05, 0.1) is 23.9 Å². The molecule has 8 nitrogen and oxygen atoms in total. The number of carbonyl (C=O) groups is 1. The number of nitrogens with zero attached hydrogens (tertiary/aromatic N) is 2. The molecule has 27 heavy (non-hydrogen) atoms. The maximum atomic E-state index is 15.0. The molecule has 1 amide bonds. The first-order valence-electron chi connectivity index (χ1n) is 9.14. The molecule has 6 N–H and O–H groups in total. The van der Waals surface area contributed by atoms with Crippen molar-refractivity contribution in [2.75, 3.05) is 18.5 Å². The third-order valence-electron chi connectivity index (χ3n) is 5.03. The van der Waals surface area contributed by atoms with Crippen molar-refractivity contribution < 1.29 is 13.9 Å². The lowest BCUT2D eigenvalue weighted by Crippen LogP contribution is -2.48. The van der Waals surface area contributed by atoms with E-state index in [-0.39, 0.29) is 41.5 Å². The molecular formula is C18H23FN6O2. The Bertz CT molecular complexity index is 821. The molecule has 3 heterocycles. The van der Waals surface area contributed by atoms with Gasteiger partial charge in [0, 0.05) is 48.8 Å². The number of ether oxygens (including phenoxy) is 1. The maximum absolute atomic E-state index is 15.0. The van der Waals surface area contributed by atoms with Crippen molar-refractivity contribution in [3.05, 3.63) is 28.8 Å². The zero-order valence-electron chi connectivity index (χ0n) is 14.9. The van der Waals surface area contributed by atoms with Crippen LogP contribution in [-0.4, -0.2) is 48.4 Å². The van der Waals surface area contributed by atoms with Gasteiger partial charge < -0.3 is 26.8 Å². The Hall–Kier alpha value is -2.52. The summed E-state index contributed by atoms with van der Waals surface area (Å²) in [6.07, 6.45) is 5.70. The molecular weight excluding hydrogens is 351 g/mol. The first kappa shape index (κ1) is 17.9. The lowest BCUT2D eigenvalue weighted by molar-refractivity contribution is 0.0751. The molecule has 1 aromatic heterocycles. The van der Waals surface area contributed by atoms with Crippen molar-refractivity contribution in [2.45, 2.75) is 43.9 Å². The molecule has 0 aromatic carbocycles. The number of hydrogen-bond acceptors (Lipinski definition) is 7. The fourth-order valence-corrected chi connectivity index (χ4v) is 3.29. The van der Waals surface area contributed by atoms with Crippen LogP contribution in [0.4, 0.5) is 10.2 Å². The fraction of sp³-hybridized carbons (Fsp3) is 0.500. The number of hydrogen-bond donors (Lipinski definition) is 4. The number of fused-ring (bicyclic) bond motifs is 1. The van der Waals surface area contributed by atoms with Crippen LogP contribution >= 0.6 is 0 Å². The second kappa shape index (κ2) is 7.24. The van der Waals surface area contributed by atoms with Crippen molar-refractivity contribution in [3.63, 3.8) is 0 Å². The van der Waals surface area contributed by atoms with Crippen molar-refractivity contribution in [3.8, 4) is 0 Å². The number of carbonyl (C=O) groups excluding carboxylic acids is 1. The molecule has 1 aromatic rings. The van der Waals surface area contributed by atoms with E-state index in [0.717, 1.165) is 12.8 Å². The van der Waals surface area contributed by atoms with Crippen LogP contribution < -0.4 is 22.1 Å². The van der Waals surface area contributed by atoms with E-state index in [4.69, 9.17) is 16.2 Å². The van der Waals surface area contributed by atoms with Gasteiger partial charge in [-0.05, 0) is 19.3 Å². The summed E-state index contributed by atoms with van der Waals surface area (Å²) in [5.74, 6) is -0.831. The number of rotatable bonds is 5. The second-order valence-corrected chi connectivity index (χ2v) is 7.07. The Morgan fingerprint density at radius 2 is 2.22 bits per heavy atom. The molecule has 4 rings (SSSR count). The van der Waals surface area contributed by atoms with Crippen molar-refractivity contribution in [2.24, 2.45) is 16.5 Å². The molecule has 2 fully saturated rings. The van der Waals surface area contributed by atoms with Gasteiger partial charge in [-0.15, -0.1) is 0 Å². The molecule has 2 aliphatic heterocycles. The van der Waals surface area contributed by atoms with E-state index in [1.54, 1.807) is 6.21 Å². The van der Waals surface area contributed by atoms with Crippen LogP contribution in [0.5, 0.6) is 0 Å². The van der Waals surface area contributed by atoms with Gasteiger partial charge in [0.25, 0.3) is 5.91 Å². The summed E-state index contributed by atoms with van der Waals surface area (Å²) in [6, 6.07) is -0.139. The summed E-state index contributed by atoms with van der Waals surface area (Å²) in [7, 11) is 0. The highest BCUT2D eigenvalue weighted by molar-refractivity contribution is 6.14. The first-order valence-corrected chi connectivity index (χ1v) is 9.14. The number of nitrogens with two attached hydrogens (primary N) is 2. The van der Waals surface area contributed by atoms with Crippen molar-refractivity contribution in [1.82, 2.24) is 10.3 Å². The van der Waals surface area contributed by atoms with Gasteiger partial charge in [0.1, 0.15) is 0 Å². The van der Waals surface area contributed by atoms with E-state index >= 15 is 4.39 Å². The summed E-state index contributed by atoms with van der Waals surface area (Å²) in [5, 5.41) is 5.76. The molecule has 144 valence electrons. The van der Waals surface area contributed by atoms with Gasteiger partial charge in [0.2, 0.25) is 0 Å². The number of allylic oxidation sites excluding steroid dienone is 1. The highest BCUT2D eigenvalue weighted by atomic mass is 19.1. The SMILES string of the molecule is NC=C(C=NC1CC1)c1nc(N[C@@H]2CCOC[C@@H]2N)c(F)c2c1C(=O)NC2. The van der Waals surface area contributed by atoms with E-state index in [9.17, 15) is 4.79 Å². The van der Waals surface area contributed by atoms with E-state index in [1.807, 2.05) is 0 Å². The van der Waals surface area contributed by atoms with Gasteiger partial charge in [-0.1, -0.05) is 0 Å². The quantitative estimate of drug-likeness (QED) is 0.557.